The van der Waals surface area contributed by atoms with Gasteiger partial charge in [0.05, 0.1) is 52.1 Å². The fourth-order valence-electron chi connectivity index (χ4n) is 5.10. The van der Waals surface area contributed by atoms with Crippen LogP contribution in [0, 0.1) is 15.9 Å². The molecule has 0 amide bonds. The van der Waals surface area contributed by atoms with Crippen molar-refractivity contribution < 1.29 is 28.0 Å². The molecular formula is C33H24FN3O7S. The SMILES string of the molecule is CCOC(=O)C1=C(c2ccccc2)N=c2s/c(=C\c3ccc(-c4ccc(OC)cc4[N+](=O)[O-])o3)c(=O)n2[C@H]1c1ccc(F)cc1. The van der Waals surface area contributed by atoms with E-state index in [1.807, 2.05) is 18.2 Å². The van der Waals surface area contributed by atoms with Gasteiger partial charge in [-0.2, -0.15) is 0 Å². The Morgan fingerprint density at radius 3 is 2.56 bits per heavy atom. The lowest BCUT2D eigenvalue weighted by molar-refractivity contribution is -0.384. The summed E-state index contributed by atoms with van der Waals surface area (Å²) in [4.78, 5) is 43.8. The zero-order valence-electron chi connectivity index (χ0n) is 23.9. The van der Waals surface area contributed by atoms with Crippen molar-refractivity contribution >= 4 is 34.8 Å². The fourth-order valence-corrected chi connectivity index (χ4v) is 6.08. The van der Waals surface area contributed by atoms with Crippen molar-refractivity contribution in [1.29, 1.82) is 0 Å². The Kier molecular flexibility index (Phi) is 7.97. The highest BCUT2D eigenvalue weighted by molar-refractivity contribution is 7.07. The van der Waals surface area contributed by atoms with Crippen molar-refractivity contribution in [2.45, 2.75) is 13.0 Å². The molecule has 0 unspecified atom stereocenters. The van der Waals surface area contributed by atoms with Gasteiger partial charge in [-0.3, -0.25) is 19.5 Å². The molecule has 0 fully saturated rings. The Morgan fingerprint density at radius 2 is 1.87 bits per heavy atom. The number of methoxy groups -OCH3 is 1. The summed E-state index contributed by atoms with van der Waals surface area (Å²) in [6.45, 7) is 1.78. The van der Waals surface area contributed by atoms with E-state index in [9.17, 15) is 24.1 Å². The topological polar surface area (TPSA) is 126 Å². The van der Waals surface area contributed by atoms with Crippen LogP contribution in [0.1, 0.15) is 29.9 Å². The summed E-state index contributed by atoms with van der Waals surface area (Å²) in [5.41, 5.74) is 1.18. The second kappa shape index (κ2) is 12.2. The Balaban J connectivity index is 1.53. The number of hydrogen-bond acceptors (Lipinski definition) is 9. The van der Waals surface area contributed by atoms with Crippen molar-refractivity contribution in [1.82, 2.24) is 4.57 Å². The van der Waals surface area contributed by atoms with Crippen LogP contribution in [-0.2, 0) is 9.53 Å². The van der Waals surface area contributed by atoms with Crippen LogP contribution >= 0.6 is 11.3 Å². The second-order valence-electron chi connectivity index (χ2n) is 9.83. The molecule has 1 atom stereocenters. The van der Waals surface area contributed by atoms with Crippen LogP contribution in [0.5, 0.6) is 5.75 Å². The number of thiazole rings is 1. The van der Waals surface area contributed by atoms with Gasteiger partial charge in [0.15, 0.2) is 4.80 Å². The van der Waals surface area contributed by atoms with Gasteiger partial charge in [-0.25, -0.2) is 14.2 Å². The van der Waals surface area contributed by atoms with Crippen LogP contribution in [0.15, 0.2) is 105 Å². The molecule has 3 heterocycles. The molecule has 45 heavy (non-hydrogen) atoms. The number of fused-ring (bicyclic) bond motifs is 1. The highest BCUT2D eigenvalue weighted by Gasteiger charge is 2.35. The van der Waals surface area contributed by atoms with Gasteiger partial charge in [0.25, 0.3) is 11.2 Å². The minimum atomic E-state index is -0.965. The maximum atomic E-state index is 14.0. The van der Waals surface area contributed by atoms with Gasteiger partial charge in [-0.1, -0.05) is 53.8 Å². The number of halogens is 1. The van der Waals surface area contributed by atoms with Crippen LogP contribution in [0.4, 0.5) is 10.1 Å². The molecule has 0 bridgehead atoms. The maximum absolute atomic E-state index is 14.0. The van der Waals surface area contributed by atoms with Gasteiger partial charge >= 0.3 is 5.97 Å². The molecule has 0 saturated carbocycles. The van der Waals surface area contributed by atoms with Crippen molar-refractivity contribution in [3.05, 3.63) is 143 Å². The minimum Gasteiger partial charge on any atom is -0.497 e. The van der Waals surface area contributed by atoms with Gasteiger partial charge in [-0.05, 0) is 48.9 Å². The number of esters is 1. The first kappa shape index (κ1) is 29.5. The molecule has 10 nitrogen and oxygen atoms in total. The van der Waals surface area contributed by atoms with Crippen LogP contribution in [-0.4, -0.2) is 29.2 Å². The lowest BCUT2D eigenvalue weighted by Gasteiger charge is -2.25. The van der Waals surface area contributed by atoms with Gasteiger partial charge < -0.3 is 13.9 Å². The number of furan rings is 1. The third-order valence-corrected chi connectivity index (χ3v) is 8.11. The smallest absolute Gasteiger partial charge is 0.338 e. The fraction of sp³-hybridized carbons (Fsp3) is 0.121. The number of nitro groups is 1. The van der Waals surface area contributed by atoms with E-state index in [1.54, 1.807) is 37.3 Å². The van der Waals surface area contributed by atoms with Crippen molar-refractivity contribution in [3.8, 4) is 17.1 Å². The molecule has 0 N–H and O–H groups in total. The zero-order valence-corrected chi connectivity index (χ0v) is 24.7. The van der Waals surface area contributed by atoms with Gasteiger partial charge in [-0.15, -0.1) is 0 Å². The summed E-state index contributed by atoms with van der Waals surface area (Å²) < 4.78 is 32.1. The molecule has 1 aliphatic heterocycles. The van der Waals surface area contributed by atoms with E-state index in [-0.39, 0.29) is 39.5 Å². The van der Waals surface area contributed by atoms with Crippen molar-refractivity contribution in [2.75, 3.05) is 13.7 Å². The number of ether oxygens (including phenoxy) is 2. The number of carbonyl (C=O) groups is 1. The second-order valence-corrected chi connectivity index (χ2v) is 10.8. The standard InChI is InChI=1S/C33H24FN3O7S/c1-3-43-32(39)28-29(19-7-5-4-6-8-19)35-33-36(30(28)20-9-11-21(34)12-10-20)31(38)27(45-33)18-23-14-16-26(44-23)24-15-13-22(42-2)17-25(24)37(40)41/h4-18,30H,3H2,1-2H3/b27-18-/t30-/m0/s1. The molecule has 0 radical (unpaired) electrons. The van der Waals surface area contributed by atoms with Crippen molar-refractivity contribution in [2.24, 2.45) is 4.99 Å². The predicted molar refractivity (Wildman–Crippen MR) is 165 cm³/mol. The summed E-state index contributed by atoms with van der Waals surface area (Å²) >= 11 is 1.09. The summed E-state index contributed by atoms with van der Waals surface area (Å²) in [6.07, 6.45) is 1.51. The van der Waals surface area contributed by atoms with E-state index in [0.29, 0.717) is 27.4 Å². The number of nitro benzene ring substituents is 1. The normalized spacial score (nSPS) is 14.6. The van der Waals surface area contributed by atoms with Gasteiger partial charge in [0.2, 0.25) is 0 Å². The molecule has 6 rings (SSSR count). The molecule has 0 spiro atoms. The Morgan fingerprint density at radius 1 is 1.11 bits per heavy atom. The zero-order chi connectivity index (χ0) is 31.7. The number of hydrogen-bond donors (Lipinski definition) is 0. The Bertz CT molecular complexity index is 2150. The molecule has 12 heteroatoms. The molecule has 1 aliphatic rings. The lowest BCUT2D eigenvalue weighted by atomic mass is 9.93. The molecule has 226 valence electrons. The van der Waals surface area contributed by atoms with Gasteiger partial charge in [0, 0.05) is 11.6 Å². The molecule has 5 aromatic rings. The van der Waals surface area contributed by atoms with E-state index in [2.05, 4.69) is 0 Å². The first-order chi connectivity index (χ1) is 21.8. The summed E-state index contributed by atoms with van der Waals surface area (Å²) in [5.74, 6) is -0.302. The number of nitrogens with zero attached hydrogens (tertiary/aromatic N) is 3. The first-order valence-corrected chi connectivity index (χ1v) is 14.6. The molecule has 0 aliphatic carbocycles. The maximum Gasteiger partial charge on any atom is 0.338 e. The highest BCUT2D eigenvalue weighted by atomic mass is 32.1. The minimum absolute atomic E-state index is 0.0954. The highest BCUT2D eigenvalue weighted by Crippen LogP contribution is 2.36. The summed E-state index contributed by atoms with van der Waals surface area (Å²) in [7, 11) is 1.42. The average molecular weight is 626 g/mol. The third kappa shape index (κ3) is 5.58. The number of carbonyl (C=O) groups excluding carboxylic acids is 1. The Labute approximate surface area is 258 Å². The predicted octanol–water partition coefficient (Wildman–Crippen LogP) is 5.25. The largest absolute Gasteiger partial charge is 0.497 e. The molecule has 3 aromatic carbocycles. The quantitative estimate of drug-likeness (QED) is 0.131. The number of aromatic nitrogens is 1. The Hall–Kier alpha value is -5.62. The van der Waals surface area contributed by atoms with Crippen LogP contribution in [0.2, 0.25) is 0 Å². The van der Waals surface area contributed by atoms with Crippen molar-refractivity contribution in [3.63, 3.8) is 0 Å². The molecular weight excluding hydrogens is 601 g/mol. The number of benzene rings is 3. The van der Waals surface area contributed by atoms with E-state index in [1.165, 1.54) is 54.2 Å². The molecule has 0 saturated heterocycles. The monoisotopic (exact) mass is 625 g/mol. The van der Waals surface area contributed by atoms with Gasteiger partial charge in [0.1, 0.15) is 23.1 Å². The third-order valence-electron chi connectivity index (χ3n) is 7.13. The first-order valence-electron chi connectivity index (χ1n) is 13.8. The van der Waals surface area contributed by atoms with E-state index in [0.717, 1.165) is 11.3 Å². The molecule has 2 aromatic heterocycles. The van der Waals surface area contributed by atoms with E-state index >= 15 is 0 Å². The van der Waals surface area contributed by atoms with Crippen LogP contribution in [0.25, 0.3) is 23.1 Å². The van der Waals surface area contributed by atoms with Crippen LogP contribution < -0.4 is 19.6 Å². The number of rotatable bonds is 8. The summed E-state index contributed by atoms with van der Waals surface area (Å²) in [6, 6.07) is 21.2. The lowest BCUT2D eigenvalue weighted by Crippen LogP contribution is -2.40. The summed E-state index contributed by atoms with van der Waals surface area (Å²) in [5, 5.41) is 11.7. The van der Waals surface area contributed by atoms with Crippen LogP contribution in [0.3, 0.4) is 0 Å². The van der Waals surface area contributed by atoms with E-state index < -0.39 is 28.3 Å². The van der Waals surface area contributed by atoms with E-state index in [4.69, 9.17) is 18.9 Å². The average Bonchev–Trinajstić information content (AvgIpc) is 3.64.